The Bertz CT molecular complexity index is 401. The van der Waals surface area contributed by atoms with E-state index in [-0.39, 0.29) is 11.7 Å². The first kappa shape index (κ1) is 12.0. The summed E-state index contributed by atoms with van der Waals surface area (Å²) in [5, 5.41) is 7.25. The summed E-state index contributed by atoms with van der Waals surface area (Å²) in [6.07, 6.45) is 2.91. The van der Waals surface area contributed by atoms with Crippen LogP contribution in [0.3, 0.4) is 0 Å². The lowest BCUT2D eigenvalue weighted by Gasteiger charge is -2.21. The average Bonchev–Trinajstić information content (AvgIpc) is 3.10. The number of nitrogens with one attached hydrogen (secondary N) is 1. The summed E-state index contributed by atoms with van der Waals surface area (Å²) in [7, 11) is 0. The Morgan fingerprint density at radius 1 is 1.41 bits per heavy atom. The van der Waals surface area contributed by atoms with Crippen molar-refractivity contribution in [2.45, 2.75) is 31.8 Å². The molecule has 1 aromatic carbocycles. The topological polar surface area (TPSA) is 53.1 Å². The number of nitrogens with zero attached hydrogens (tertiary/aromatic N) is 1. The standard InChI is InChI=1S/C13H18FN3/c14-12-4-2-1-3-10(12)9-17(11-5-6-11)8-7-13(15)16/h1-4,11H,5-9H2,(H3,15,16). The lowest BCUT2D eigenvalue weighted by atomic mass is 10.2. The predicted molar refractivity (Wildman–Crippen MR) is 66.4 cm³/mol. The van der Waals surface area contributed by atoms with Crippen LogP contribution < -0.4 is 5.73 Å². The third-order valence-corrected chi connectivity index (χ3v) is 3.06. The lowest BCUT2D eigenvalue weighted by Crippen LogP contribution is -2.29. The van der Waals surface area contributed by atoms with Crippen LogP contribution in [0, 0.1) is 11.2 Å². The van der Waals surface area contributed by atoms with Gasteiger partial charge >= 0.3 is 0 Å². The van der Waals surface area contributed by atoms with Gasteiger partial charge in [-0.25, -0.2) is 4.39 Å². The number of halogens is 1. The molecule has 2 rings (SSSR count). The van der Waals surface area contributed by atoms with Gasteiger partial charge in [0.1, 0.15) is 5.82 Å². The Hall–Kier alpha value is -1.42. The van der Waals surface area contributed by atoms with E-state index in [0.717, 1.165) is 12.1 Å². The zero-order valence-electron chi connectivity index (χ0n) is 9.82. The van der Waals surface area contributed by atoms with Crippen LogP contribution in [0.1, 0.15) is 24.8 Å². The maximum Gasteiger partial charge on any atom is 0.127 e. The average molecular weight is 235 g/mol. The van der Waals surface area contributed by atoms with Gasteiger partial charge in [0, 0.05) is 31.1 Å². The van der Waals surface area contributed by atoms with Crippen LogP contribution in [0.25, 0.3) is 0 Å². The molecule has 0 heterocycles. The van der Waals surface area contributed by atoms with Crippen LogP contribution in [-0.4, -0.2) is 23.3 Å². The molecule has 0 aliphatic heterocycles. The first-order valence-electron chi connectivity index (χ1n) is 5.97. The molecule has 1 aliphatic carbocycles. The lowest BCUT2D eigenvalue weighted by molar-refractivity contribution is 0.258. The monoisotopic (exact) mass is 235 g/mol. The van der Waals surface area contributed by atoms with Crippen molar-refractivity contribution >= 4 is 5.84 Å². The normalized spacial score (nSPS) is 15.2. The van der Waals surface area contributed by atoms with Gasteiger partial charge in [0.15, 0.2) is 0 Å². The highest BCUT2D eigenvalue weighted by Crippen LogP contribution is 2.28. The summed E-state index contributed by atoms with van der Waals surface area (Å²) in [5.41, 5.74) is 6.09. The number of hydrogen-bond acceptors (Lipinski definition) is 2. The highest BCUT2D eigenvalue weighted by molar-refractivity contribution is 5.76. The molecule has 0 amide bonds. The minimum absolute atomic E-state index is 0.152. The Kier molecular flexibility index (Phi) is 3.74. The van der Waals surface area contributed by atoms with Crippen LogP contribution in [0.15, 0.2) is 24.3 Å². The van der Waals surface area contributed by atoms with Gasteiger partial charge in [-0.15, -0.1) is 0 Å². The molecule has 17 heavy (non-hydrogen) atoms. The van der Waals surface area contributed by atoms with Gasteiger partial charge in [-0.05, 0) is 18.9 Å². The van der Waals surface area contributed by atoms with Crippen molar-refractivity contribution in [2.75, 3.05) is 6.54 Å². The SMILES string of the molecule is N=C(N)CCN(Cc1ccccc1F)C1CC1. The highest BCUT2D eigenvalue weighted by Gasteiger charge is 2.29. The fourth-order valence-electron chi connectivity index (χ4n) is 1.94. The molecule has 1 aromatic rings. The first-order valence-corrected chi connectivity index (χ1v) is 5.97. The zero-order chi connectivity index (χ0) is 12.3. The molecule has 92 valence electrons. The predicted octanol–water partition coefficient (Wildman–Crippen LogP) is 2.12. The summed E-state index contributed by atoms with van der Waals surface area (Å²) < 4.78 is 13.5. The summed E-state index contributed by atoms with van der Waals surface area (Å²) in [6, 6.07) is 7.42. The van der Waals surface area contributed by atoms with Crippen LogP contribution in [0.4, 0.5) is 4.39 Å². The van der Waals surface area contributed by atoms with Crippen molar-refractivity contribution < 1.29 is 4.39 Å². The molecular weight excluding hydrogens is 217 g/mol. The van der Waals surface area contributed by atoms with Crippen LogP contribution >= 0.6 is 0 Å². The summed E-state index contributed by atoms with van der Waals surface area (Å²) in [5.74, 6) is 0.0464. The number of hydrogen-bond donors (Lipinski definition) is 2. The molecule has 0 bridgehead atoms. The van der Waals surface area contributed by atoms with Gasteiger partial charge in [0.05, 0.1) is 5.84 Å². The molecule has 0 aromatic heterocycles. The van der Waals surface area contributed by atoms with Gasteiger partial charge in [-0.3, -0.25) is 10.3 Å². The van der Waals surface area contributed by atoms with Crippen molar-refractivity contribution in [1.82, 2.24) is 4.90 Å². The number of amidine groups is 1. The summed E-state index contributed by atoms with van der Waals surface area (Å²) in [6.45, 7) is 1.36. The van der Waals surface area contributed by atoms with Gasteiger partial charge < -0.3 is 5.73 Å². The van der Waals surface area contributed by atoms with Gasteiger partial charge in [-0.1, -0.05) is 18.2 Å². The van der Waals surface area contributed by atoms with Crippen LogP contribution in [-0.2, 0) is 6.54 Å². The van der Waals surface area contributed by atoms with Gasteiger partial charge in [-0.2, -0.15) is 0 Å². The zero-order valence-corrected chi connectivity index (χ0v) is 9.82. The molecule has 3 nitrogen and oxygen atoms in total. The van der Waals surface area contributed by atoms with Gasteiger partial charge in [0.25, 0.3) is 0 Å². The van der Waals surface area contributed by atoms with Crippen molar-refractivity contribution in [1.29, 1.82) is 5.41 Å². The van der Waals surface area contributed by atoms with E-state index in [0.29, 0.717) is 19.0 Å². The number of rotatable bonds is 6. The van der Waals surface area contributed by atoms with E-state index in [2.05, 4.69) is 4.90 Å². The van der Waals surface area contributed by atoms with Crippen molar-refractivity contribution in [2.24, 2.45) is 5.73 Å². The first-order chi connectivity index (χ1) is 8.16. The third kappa shape index (κ3) is 3.53. The molecule has 1 aliphatic rings. The van der Waals surface area contributed by atoms with Crippen LogP contribution in [0.5, 0.6) is 0 Å². The highest BCUT2D eigenvalue weighted by atomic mass is 19.1. The number of nitrogens with two attached hydrogens (primary N) is 1. The Morgan fingerprint density at radius 3 is 2.71 bits per heavy atom. The molecule has 3 N–H and O–H groups in total. The van der Waals surface area contributed by atoms with Gasteiger partial charge in [0.2, 0.25) is 0 Å². The second-order valence-corrected chi connectivity index (χ2v) is 4.57. The third-order valence-electron chi connectivity index (χ3n) is 3.06. The Morgan fingerprint density at radius 2 is 2.12 bits per heavy atom. The van der Waals surface area contributed by atoms with E-state index in [1.165, 1.54) is 18.9 Å². The second kappa shape index (κ2) is 5.27. The quantitative estimate of drug-likeness (QED) is 0.586. The smallest absolute Gasteiger partial charge is 0.127 e. The molecule has 0 radical (unpaired) electrons. The molecule has 0 unspecified atom stereocenters. The summed E-state index contributed by atoms with van der Waals surface area (Å²) >= 11 is 0. The van der Waals surface area contributed by atoms with Crippen molar-refractivity contribution in [3.8, 4) is 0 Å². The van der Waals surface area contributed by atoms with E-state index in [1.807, 2.05) is 12.1 Å². The maximum atomic E-state index is 13.5. The van der Waals surface area contributed by atoms with E-state index in [1.54, 1.807) is 6.07 Å². The molecule has 4 heteroatoms. The summed E-state index contributed by atoms with van der Waals surface area (Å²) in [4.78, 5) is 2.22. The second-order valence-electron chi connectivity index (χ2n) is 4.57. The molecule has 1 saturated carbocycles. The Labute approximate surface area is 101 Å². The minimum atomic E-state index is -0.152. The van der Waals surface area contributed by atoms with Crippen molar-refractivity contribution in [3.05, 3.63) is 35.6 Å². The molecule has 0 atom stereocenters. The van der Waals surface area contributed by atoms with Crippen molar-refractivity contribution in [3.63, 3.8) is 0 Å². The molecule has 0 saturated heterocycles. The Balaban J connectivity index is 1.97. The van der Waals surface area contributed by atoms with Crippen LogP contribution in [0.2, 0.25) is 0 Å². The van der Waals surface area contributed by atoms with E-state index in [9.17, 15) is 4.39 Å². The number of benzene rings is 1. The van der Waals surface area contributed by atoms with E-state index < -0.39 is 0 Å². The molecular formula is C13H18FN3. The molecule has 0 spiro atoms. The minimum Gasteiger partial charge on any atom is -0.388 e. The molecule has 1 fully saturated rings. The largest absolute Gasteiger partial charge is 0.388 e. The maximum absolute atomic E-state index is 13.5. The van der Waals surface area contributed by atoms with E-state index in [4.69, 9.17) is 11.1 Å². The fraction of sp³-hybridized carbons (Fsp3) is 0.462. The van der Waals surface area contributed by atoms with E-state index >= 15 is 0 Å². The fourth-order valence-corrected chi connectivity index (χ4v) is 1.94.